The van der Waals surface area contributed by atoms with Crippen molar-refractivity contribution in [2.45, 2.75) is 26.7 Å². The molecule has 0 spiro atoms. The molecule has 2 aliphatic heterocycles. The van der Waals surface area contributed by atoms with Crippen molar-refractivity contribution < 1.29 is 23.9 Å². The maximum atomic E-state index is 13.3. The Kier molecular flexibility index (Phi) is 4.78. The van der Waals surface area contributed by atoms with Crippen molar-refractivity contribution in [3.05, 3.63) is 65.7 Å². The molecule has 4 fully saturated rings. The summed E-state index contributed by atoms with van der Waals surface area (Å²) < 4.78 is 5.61. The molecular formula is C30H28N2O5. The minimum absolute atomic E-state index is 0.0942. The number of para-hydroxylation sites is 1. The maximum absolute atomic E-state index is 13.3. The first-order valence-electron chi connectivity index (χ1n) is 13.1. The average molecular weight is 497 g/mol. The van der Waals surface area contributed by atoms with E-state index in [0.29, 0.717) is 23.3 Å². The van der Waals surface area contributed by atoms with Gasteiger partial charge in [0.2, 0.25) is 17.7 Å². The van der Waals surface area contributed by atoms with E-state index in [1.807, 2.05) is 32.0 Å². The second-order valence-corrected chi connectivity index (χ2v) is 11.2. The van der Waals surface area contributed by atoms with Crippen LogP contribution in [0, 0.1) is 55.3 Å². The number of nitrogens with zero attached hydrogens (tertiary/aromatic N) is 2. The maximum Gasteiger partial charge on any atom is 0.316 e. The van der Waals surface area contributed by atoms with Crippen LogP contribution in [0.5, 0.6) is 5.75 Å². The van der Waals surface area contributed by atoms with Crippen molar-refractivity contribution in [2.24, 2.45) is 41.4 Å². The second-order valence-electron chi connectivity index (χ2n) is 11.2. The number of benzene rings is 2. The lowest BCUT2D eigenvalue weighted by Gasteiger charge is -2.37. The molecule has 6 aliphatic rings. The van der Waals surface area contributed by atoms with Crippen molar-refractivity contribution in [3.63, 3.8) is 0 Å². The van der Waals surface area contributed by atoms with Gasteiger partial charge in [-0.2, -0.15) is 0 Å². The van der Waals surface area contributed by atoms with Crippen molar-refractivity contribution in [1.82, 2.24) is 0 Å². The molecule has 188 valence electrons. The summed E-state index contributed by atoms with van der Waals surface area (Å²) in [7, 11) is 0. The molecule has 2 saturated carbocycles. The summed E-state index contributed by atoms with van der Waals surface area (Å²) in [6, 6.07) is 12.4. The van der Waals surface area contributed by atoms with Gasteiger partial charge < -0.3 is 9.64 Å². The molecule has 0 unspecified atom stereocenters. The van der Waals surface area contributed by atoms with Crippen LogP contribution in [0.4, 0.5) is 11.4 Å². The van der Waals surface area contributed by atoms with Gasteiger partial charge in [-0.15, -0.1) is 0 Å². The number of hydrogen-bond acceptors (Lipinski definition) is 5. The van der Waals surface area contributed by atoms with E-state index in [0.717, 1.165) is 23.2 Å². The molecular weight excluding hydrogens is 468 g/mol. The molecule has 37 heavy (non-hydrogen) atoms. The molecule has 0 N–H and O–H groups in total. The highest BCUT2D eigenvalue weighted by Crippen LogP contribution is 2.65. The summed E-state index contributed by atoms with van der Waals surface area (Å²) in [6.07, 6.45) is 5.55. The Hall–Kier alpha value is -3.74. The van der Waals surface area contributed by atoms with Crippen molar-refractivity contribution >= 4 is 35.1 Å². The van der Waals surface area contributed by atoms with Gasteiger partial charge in [0, 0.05) is 18.7 Å². The number of aryl methyl sites for hydroxylation is 2. The van der Waals surface area contributed by atoms with Gasteiger partial charge in [-0.3, -0.25) is 24.1 Å². The van der Waals surface area contributed by atoms with Gasteiger partial charge in [-0.25, -0.2) is 0 Å². The Labute approximate surface area is 215 Å². The fourth-order valence-corrected chi connectivity index (χ4v) is 7.39. The number of carbonyl (C=O) groups excluding carboxylic acids is 4. The predicted molar refractivity (Wildman–Crippen MR) is 136 cm³/mol. The minimum atomic E-state index is -0.564. The molecule has 7 nitrogen and oxygen atoms in total. The number of hydrogen-bond donors (Lipinski definition) is 0. The fraction of sp³-hybridized carbons (Fsp3) is 0.400. The molecule has 0 radical (unpaired) electrons. The van der Waals surface area contributed by atoms with Crippen LogP contribution in [0.15, 0.2) is 54.6 Å². The smallest absolute Gasteiger partial charge is 0.316 e. The van der Waals surface area contributed by atoms with Crippen LogP contribution < -0.4 is 14.5 Å². The Morgan fingerprint density at radius 3 is 2.05 bits per heavy atom. The first-order chi connectivity index (χ1) is 17.8. The van der Waals surface area contributed by atoms with Crippen LogP contribution >= 0.6 is 0 Å². The first-order valence-corrected chi connectivity index (χ1v) is 13.1. The topological polar surface area (TPSA) is 84.0 Å². The van der Waals surface area contributed by atoms with E-state index < -0.39 is 11.9 Å². The normalized spacial score (nSPS) is 33.1. The van der Waals surface area contributed by atoms with Gasteiger partial charge in [0.25, 0.3) is 0 Å². The Morgan fingerprint density at radius 2 is 1.46 bits per heavy atom. The number of allylic oxidation sites excluding steroid dienone is 2. The third kappa shape index (κ3) is 3.26. The molecule has 0 aromatic heterocycles. The van der Waals surface area contributed by atoms with Gasteiger partial charge in [0.05, 0.1) is 23.4 Å². The molecule has 2 aromatic carbocycles. The zero-order chi connectivity index (χ0) is 25.6. The molecule has 2 aromatic rings. The number of amides is 3. The van der Waals surface area contributed by atoms with E-state index in [1.54, 1.807) is 29.2 Å². The summed E-state index contributed by atoms with van der Waals surface area (Å²) in [5.41, 5.74) is 3.34. The highest BCUT2D eigenvalue weighted by atomic mass is 16.5. The molecule has 3 amide bonds. The van der Waals surface area contributed by atoms with E-state index >= 15 is 0 Å². The molecule has 8 rings (SSSR count). The third-order valence-electron chi connectivity index (χ3n) is 9.14. The summed E-state index contributed by atoms with van der Waals surface area (Å²) >= 11 is 0. The molecule has 2 heterocycles. The van der Waals surface area contributed by atoms with Crippen LogP contribution in [0.1, 0.15) is 24.0 Å². The monoisotopic (exact) mass is 496 g/mol. The minimum Gasteiger partial charge on any atom is -0.426 e. The van der Waals surface area contributed by atoms with E-state index in [-0.39, 0.29) is 54.4 Å². The standard InChI is InChI=1S/C30H28N2O5/c1-15-4-3-5-16(2)27(15)31-14-17(12-24(31)33)30(36)37-19-8-6-18(7-9-19)32-28(34)25-20-10-11-21(23-13-22(20)23)26(25)29(32)35/h3-11,17,20-23,25-26H,12-14H2,1-2H3/t17-,20+,21+,22-,23+,25-,26+/m1/s1. The number of rotatable bonds is 4. The molecule has 4 aliphatic carbocycles. The zero-order valence-electron chi connectivity index (χ0n) is 20.8. The van der Waals surface area contributed by atoms with Crippen LogP contribution in [-0.4, -0.2) is 30.2 Å². The van der Waals surface area contributed by atoms with Gasteiger partial charge in [-0.05, 0) is 79.3 Å². The summed E-state index contributed by atoms with van der Waals surface area (Å²) in [4.78, 5) is 55.3. The van der Waals surface area contributed by atoms with Gasteiger partial charge >= 0.3 is 5.97 Å². The fourth-order valence-electron chi connectivity index (χ4n) is 7.39. The highest BCUT2D eigenvalue weighted by Gasteiger charge is 2.67. The van der Waals surface area contributed by atoms with Gasteiger partial charge in [0.1, 0.15) is 5.75 Å². The number of esters is 1. The van der Waals surface area contributed by atoms with Crippen molar-refractivity contribution in [2.75, 3.05) is 16.3 Å². The van der Waals surface area contributed by atoms with Crippen LogP contribution in [0.2, 0.25) is 0 Å². The summed E-state index contributed by atoms with van der Waals surface area (Å²) in [5, 5.41) is 0. The number of carbonyl (C=O) groups is 4. The number of imide groups is 1. The van der Waals surface area contributed by atoms with E-state index in [4.69, 9.17) is 4.74 Å². The second kappa shape index (κ2) is 7.88. The largest absolute Gasteiger partial charge is 0.426 e. The van der Waals surface area contributed by atoms with Crippen LogP contribution in [-0.2, 0) is 19.2 Å². The van der Waals surface area contributed by atoms with Gasteiger partial charge in [0.15, 0.2) is 0 Å². The van der Waals surface area contributed by atoms with E-state index in [9.17, 15) is 19.2 Å². The quantitative estimate of drug-likeness (QED) is 0.278. The highest BCUT2D eigenvalue weighted by molar-refractivity contribution is 6.22. The SMILES string of the molecule is Cc1cccc(C)c1N1C[C@H](C(=O)Oc2ccc(N3C(=O)[C@@H]4[C@H]5C=C[C@@H]([C@@H]6C[C@H]56)[C@@H]4C3=O)cc2)CC1=O. The van der Waals surface area contributed by atoms with Gasteiger partial charge in [-0.1, -0.05) is 30.4 Å². The number of ether oxygens (including phenoxy) is 1. The Bertz CT molecular complexity index is 1340. The lowest BCUT2D eigenvalue weighted by atomic mass is 9.63. The zero-order valence-corrected chi connectivity index (χ0v) is 20.8. The Morgan fingerprint density at radius 1 is 0.865 bits per heavy atom. The Balaban J connectivity index is 1.04. The first kappa shape index (κ1) is 22.5. The molecule has 7 atom stereocenters. The van der Waals surface area contributed by atoms with E-state index in [1.165, 1.54) is 4.90 Å². The predicted octanol–water partition coefficient (Wildman–Crippen LogP) is 3.82. The molecule has 2 bridgehead atoms. The van der Waals surface area contributed by atoms with E-state index in [2.05, 4.69) is 12.2 Å². The molecule has 2 saturated heterocycles. The lowest BCUT2D eigenvalue weighted by Crippen LogP contribution is -2.40. The number of anilines is 2. The van der Waals surface area contributed by atoms with Crippen molar-refractivity contribution in [3.8, 4) is 5.75 Å². The lowest BCUT2D eigenvalue weighted by molar-refractivity contribution is -0.139. The summed E-state index contributed by atoms with van der Waals surface area (Å²) in [5.74, 6) is -0.0348. The summed E-state index contributed by atoms with van der Waals surface area (Å²) in [6.45, 7) is 4.19. The molecule has 7 heteroatoms. The van der Waals surface area contributed by atoms with Crippen LogP contribution in [0.3, 0.4) is 0 Å². The van der Waals surface area contributed by atoms with Crippen LogP contribution in [0.25, 0.3) is 0 Å². The third-order valence-corrected chi connectivity index (χ3v) is 9.14. The average Bonchev–Trinajstić information content (AvgIpc) is 3.56. The van der Waals surface area contributed by atoms with Crippen molar-refractivity contribution in [1.29, 1.82) is 0 Å².